The molecule has 0 aliphatic heterocycles. The second-order valence-corrected chi connectivity index (χ2v) is 26.3. The van der Waals surface area contributed by atoms with E-state index < -0.39 is 0 Å². The predicted molar refractivity (Wildman–Crippen MR) is 372 cm³/mol. The summed E-state index contributed by atoms with van der Waals surface area (Å²) in [5, 5.41) is 2.50. The fraction of sp³-hybridized carbons (Fsp3) is 0.325. The van der Waals surface area contributed by atoms with Crippen molar-refractivity contribution in [1.82, 2.24) is 29.9 Å². The number of hydrogen-bond acceptors (Lipinski definition) is 6. The summed E-state index contributed by atoms with van der Waals surface area (Å²) in [6.45, 7) is 34.9. The maximum atomic E-state index is 5.03. The minimum Gasteiger partial charge on any atom is -0.248 e. The number of hydrogen-bond donors (Lipinski definition) is 0. The zero-order valence-electron chi connectivity index (χ0n) is 57.2. The van der Waals surface area contributed by atoms with Crippen LogP contribution >= 0.6 is 0 Å². The van der Waals surface area contributed by atoms with Crippen LogP contribution in [0.4, 0.5) is 0 Å². The van der Waals surface area contributed by atoms with Gasteiger partial charge < -0.3 is 0 Å². The fourth-order valence-electron chi connectivity index (χ4n) is 12.0. The molecule has 0 bridgehead atoms. The summed E-state index contributed by atoms with van der Waals surface area (Å²) in [7, 11) is 8.29. The van der Waals surface area contributed by atoms with Crippen LogP contribution in [0, 0.1) is 67.2 Å². The molecule has 6 aromatic carbocycles. The molecule has 10 nitrogen and oxygen atoms in total. The van der Waals surface area contributed by atoms with Crippen LogP contribution in [0.15, 0.2) is 158 Å². The van der Waals surface area contributed by atoms with E-state index in [1.54, 1.807) is 0 Å². The Morgan fingerprint density at radius 2 is 0.822 bits per heavy atom. The molecule has 0 amide bonds. The van der Waals surface area contributed by atoms with Crippen molar-refractivity contribution in [1.29, 1.82) is 0 Å². The molecule has 460 valence electrons. The minimum absolute atomic E-state index is 0.402. The highest BCUT2D eigenvalue weighted by Crippen LogP contribution is 2.30. The maximum Gasteiger partial charge on any atom is 0.331 e. The zero-order chi connectivity index (χ0) is 64.8. The van der Waals surface area contributed by atoms with Crippen LogP contribution in [0.2, 0.25) is 0 Å². The van der Waals surface area contributed by atoms with Gasteiger partial charge >= 0.3 is 23.3 Å². The zero-order valence-corrected chi connectivity index (χ0v) is 57.2. The first kappa shape index (κ1) is 65.4. The van der Waals surface area contributed by atoms with Crippen molar-refractivity contribution in [3.8, 4) is 45.6 Å². The number of pyridine rings is 2. The van der Waals surface area contributed by atoms with E-state index in [2.05, 4.69) is 299 Å². The molecule has 12 rings (SSSR count). The molecule has 0 saturated carbocycles. The van der Waals surface area contributed by atoms with E-state index in [1.807, 2.05) is 26.5 Å². The second kappa shape index (κ2) is 28.2. The van der Waals surface area contributed by atoms with Gasteiger partial charge in [0.15, 0.2) is 22.4 Å². The fourth-order valence-corrected chi connectivity index (χ4v) is 12.0. The van der Waals surface area contributed by atoms with Gasteiger partial charge in [0.25, 0.3) is 0 Å². The van der Waals surface area contributed by atoms with Crippen molar-refractivity contribution in [2.45, 2.75) is 135 Å². The van der Waals surface area contributed by atoms with Crippen LogP contribution < -0.4 is 18.3 Å². The average molecular weight is 1200 g/mol. The summed E-state index contributed by atoms with van der Waals surface area (Å²) in [6, 6.07) is 47.2. The highest BCUT2D eigenvalue weighted by molar-refractivity contribution is 5.81. The Labute approximate surface area is 535 Å². The molecule has 0 unspecified atom stereocenters. The molecule has 6 heterocycles. The van der Waals surface area contributed by atoms with Gasteiger partial charge in [0.1, 0.15) is 23.4 Å². The average Bonchev–Trinajstić information content (AvgIpc) is 0.939. The molecule has 0 fully saturated rings. The molecule has 12 aromatic rings. The van der Waals surface area contributed by atoms with Gasteiger partial charge in [-0.3, -0.25) is 0 Å². The van der Waals surface area contributed by atoms with Gasteiger partial charge in [-0.1, -0.05) is 128 Å². The Morgan fingerprint density at radius 1 is 0.378 bits per heavy atom. The van der Waals surface area contributed by atoms with Gasteiger partial charge in [-0.05, 0) is 216 Å². The van der Waals surface area contributed by atoms with Gasteiger partial charge in [-0.15, -0.1) is 0 Å². The van der Waals surface area contributed by atoms with Crippen molar-refractivity contribution < 1.29 is 18.3 Å². The van der Waals surface area contributed by atoms with Crippen LogP contribution in [-0.2, 0) is 41.0 Å². The monoisotopic (exact) mass is 1190 g/mol. The standard InChI is InChI=1S/C21H26N3.C20H24N3.C20H23N2.C19H21N2/c1-13(2)7-17-10-19-20(22-11-17)12-24(6)21(23-19)18-9-14(3)8-15(4)16(18)5;1-12(2)16-9-18-19(21-10-16)11-23(6)20(22-18)17-8-13(3)7-14(4)15(17)5;1-14(2)13-18-17-11-7-8-12-19(17)22(4)20(21-18)16-10-6-5-9-15(16)3;1-13(2)18-16-11-7-8-12-17(16)21(4)19(20-18)15-10-6-5-9-14(15)3/h8-13H,7H2,1-6H3;7-12H,1-6H3;5-12,14H,13H2,1-4H3;5-13H,1-4H3/q4*+1. The number of para-hydroxylation sites is 2. The van der Waals surface area contributed by atoms with Crippen LogP contribution in [-0.4, -0.2) is 29.9 Å². The third kappa shape index (κ3) is 14.7. The highest BCUT2D eigenvalue weighted by atomic mass is 15.1. The molecular weight excluding hydrogens is 1100 g/mol. The van der Waals surface area contributed by atoms with E-state index in [1.165, 1.54) is 111 Å². The summed E-state index contributed by atoms with van der Waals surface area (Å²) < 4.78 is 8.56. The van der Waals surface area contributed by atoms with Gasteiger partial charge in [0, 0.05) is 24.7 Å². The van der Waals surface area contributed by atoms with Gasteiger partial charge in [-0.25, -0.2) is 28.2 Å². The molecule has 90 heavy (non-hydrogen) atoms. The van der Waals surface area contributed by atoms with Gasteiger partial charge in [0.05, 0.1) is 61.2 Å². The molecule has 0 spiro atoms. The lowest BCUT2D eigenvalue weighted by Crippen LogP contribution is -2.34. The first-order valence-corrected chi connectivity index (χ1v) is 32.0. The van der Waals surface area contributed by atoms with E-state index in [4.69, 9.17) is 19.9 Å². The third-order valence-electron chi connectivity index (χ3n) is 17.2. The van der Waals surface area contributed by atoms with Crippen LogP contribution in [0.3, 0.4) is 0 Å². The van der Waals surface area contributed by atoms with Crippen molar-refractivity contribution in [2.24, 2.45) is 40.0 Å². The molecule has 0 atom stereocenters. The lowest BCUT2D eigenvalue weighted by atomic mass is 9.99. The van der Waals surface area contributed by atoms with Crippen molar-refractivity contribution in [3.05, 3.63) is 225 Å². The Bertz CT molecular complexity index is 4590. The van der Waals surface area contributed by atoms with Crippen molar-refractivity contribution in [3.63, 3.8) is 0 Å². The van der Waals surface area contributed by atoms with E-state index in [0.717, 1.165) is 58.2 Å². The van der Waals surface area contributed by atoms with E-state index in [-0.39, 0.29) is 0 Å². The summed E-state index contributed by atoms with van der Waals surface area (Å²) >= 11 is 0. The molecule has 6 aromatic heterocycles. The first-order chi connectivity index (χ1) is 42.9. The summed E-state index contributed by atoms with van der Waals surface area (Å²) in [5.74, 6) is 6.13. The molecule has 0 N–H and O–H groups in total. The van der Waals surface area contributed by atoms with E-state index >= 15 is 0 Å². The van der Waals surface area contributed by atoms with Crippen LogP contribution in [0.25, 0.3) is 89.4 Å². The SMILES string of the molecule is Cc1cc(C)c(C)c(-c2nc3cc(C(C)C)cnc3c[n+]2C)c1.Cc1cc(C)c(C)c(-c2nc3cc(CC(C)C)cnc3c[n+]2C)c1.Cc1ccccc1-c1nc(C(C)C)c2ccccc2[n+]1C.Cc1ccccc1-c1nc(CC(C)C)c2ccccc2[n+]1C. The lowest BCUT2D eigenvalue weighted by Gasteiger charge is -2.10. The topological polar surface area (TPSA) is 92.9 Å². The minimum atomic E-state index is 0.402. The number of nitrogens with zero attached hydrogens (tertiary/aromatic N) is 10. The number of benzene rings is 6. The molecule has 0 saturated heterocycles. The predicted octanol–water partition coefficient (Wildman–Crippen LogP) is 16.8. The molecular formula is C80H94N10+4. The smallest absolute Gasteiger partial charge is 0.248 e. The summed E-state index contributed by atoms with van der Waals surface area (Å²) in [5.41, 5.74) is 26.1. The second-order valence-electron chi connectivity index (χ2n) is 26.3. The van der Waals surface area contributed by atoms with Crippen molar-refractivity contribution >= 4 is 43.9 Å². The quantitative estimate of drug-likeness (QED) is 0.127. The lowest BCUT2D eigenvalue weighted by molar-refractivity contribution is -0.661. The number of fused-ring (bicyclic) bond motifs is 4. The van der Waals surface area contributed by atoms with Gasteiger partial charge in [0.2, 0.25) is 11.0 Å². The number of rotatable bonds is 10. The first-order valence-electron chi connectivity index (χ1n) is 32.0. The highest BCUT2D eigenvalue weighted by Gasteiger charge is 2.26. The normalized spacial score (nSPS) is 11.4. The summed E-state index contributed by atoms with van der Waals surface area (Å²) in [4.78, 5) is 29.1. The van der Waals surface area contributed by atoms with Crippen LogP contribution in [0.1, 0.15) is 134 Å². The molecule has 0 aliphatic carbocycles. The number of aromatic nitrogens is 10. The largest absolute Gasteiger partial charge is 0.331 e. The maximum absolute atomic E-state index is 5.03. The Kier molecular flexibility index (Phi) is 20.5. The number of aryl methyl sites for hydroxylation is 10. The van der Waals surface area contributed by atoms with E-state index in [9.17, 15) is 0 Å². The molecule has 10 heteroatoms. The Hall–Kier alpha value is -9.02. The van der Waals surface area contributed by atoms with Gasteiger partial charge in [-0.2, -0.15) is 0 Å². The van der Waals surface area contributed by atoms with Crippen LogP contribution in [0.5, 0.6) is 0 Å². The summed E-state index contributed by atoms with van der Waals surface area (Å²) in [6.07, 6.45) is 10.1. The Morgan fingerprint density at radius 3 is 1.31 bits per heavy atom. The molecule has 0 aliphatic rings. The third-order valence-corrected chi connectivity index (χ3v) is 17.2. The Balaban J connectivity index is 0.000000142. The van der Waals surface area contributed by atoms with E-state index in [0.29, 0.717) is 23.7 Å². The van der Waals surface area contributed by atoms with Crippen molar-refractivity contribution in [2.75, 3.05) is 0 Å². The molecule has 0 radical (unpaired) electrons.